The minimum absolute atomic E-state index is 0.0582. The fraction of sp³-hybridized carbons (Fsp3) is 0.700. The van der Waals surface area contributed by atoms with Gasteiger partial charge in [-0.15, -0.1) is 11.3 Å². The molecule has 2 heterocycles. The van der Waals surface area contributed by atoms with Crippen LogP contribution in [0.5, 0.6) is 0 Å². The lowest BCUT2D eigenvalue weighted by Crippen LogP contribution is -2.48. The Labute approximate surface area is 160 Å². The monoisotopic (exact) mass is 377 g/mol. The number of urea groups is 1. The number of likely N-dealkylation sites (tertiary alicyclic amines) is 1. The number of aryl methyl sites for hydroxylation is 1. The Kier molecular flexibility index (Phi) is 6.57. The Morgan fingerprint density at radius 3 is 2.65 bits per heavy atom. The molecule has 6 heteroatoms. The van der Waals surface area contributed by atoms with E-state index in [-0.39, 0.29) is 11.9 Å². The number of hydrogen-bond donors (Lipinski definition) is 1. The first kappa shape index (κ1) is 19.2. The van der Waals surface area contributed by atoms with Gasteiger partial charge in [-0.25, -0.2) is 4.79 Å². The maximum atomic E-state index is 12.9. The van der Waals surface area contributed by atoms with Gasteiger partial charge in [0.1, 0.15) is 0 Å². The van der Waals surface area contributed by atoms with Crippen LogP contribution in [0.25, 0.3) is 0 Å². The Morgan fingerprint density at radius 1 is 1.23 bits per heavy atom. The van der Waals surface area contributed by atoms with Crippen molar-refractivity contribution in [1.82, 2.24) is 15.1 Å². The van der Waals surface area contributed by atoms with E-state index in [1.165, 1.54) is 22.6 Å². The molecule has 1 N–H and O–H groups in total. The van der Waals surface area contributed by atoms with Gasteiger partial charge in [-0.05, 0) is 50.7 Å². The molecule has 1 saturated carbocycles. The molecule has 1 aliphatic heterocycles. The summed E-state index contributed by atoms with van der Waals surface area (Å²) in [5.74, 6) is 0.507. The van der Waals surface area contributed by atoms with E-state index >= 15 is 0 Å². The van der Waals surface area contributed by atoms with Crippen molar-refractivity contribution in [3.8, 4) is 0 Å². The average Bonchev–Trinajstić information content (AvgIpc) is 3.29. The van der Waals surface area contributed by atoms with Crippen LogP contribution in [0.2, 0.25) is 0 Å². The average molecular weight is 378 g/mol. The molecule has 144 valence electrons. The Morgan fingerprint density at radius 2 is 2.00 bits per heavy atom. The van der Waals surface area contributed by atoms with Gasteiger partial charge in [-0.2, -0.15) is 0 Å². The first-order valence-corrected chi connectivity index (χ1v) is 10.7. The number of carbonyl (C=O) groups is 2. The molecule has 1 aromatic heterocycles. The predicted molar refractivity (Wildman–Crippen MR) is 105 cm³/mol. The number of amides is 3. The lowest BCUT2D eigenvalue weighted by Gasteiger charge is -2.33. The number of nitrogens with one attached hydrogen (secondary N) is 1. The zero-order valence-corrected chi connectivity index (χ0v) is 16.8. The van der Waals surface area contributed by atoms with Crippen molar-refractivity contribution in [1.29, 1.82) is 0 Å². The summed E-state index contributed by atoms with van der Waals surface area (Å²) in [5, 5.41) is 3.17. The van der Waals surface area contributed by atoms with E-state index in [1.54, 1.807) is 18.3 Å². The van der Waals surface area contributed by atoms with E-state index in [4.69, 9.17) is 0 Å². The molecule has 0 aromatic carbocycles. The fourth-order valence-corrected chi connectivity index (χ4v) is 5.06. The third-order valence-corrected chi connectivity index (χ3v) is 6.64. The smallest absolute Gasteiger partial charge is 0.317 e. The first-order chi connectivity index (χ1) is 12.5. The molecule has 2 fully saturated rings. The second-order valence-electron chi connectivity index (χ2n) is 7.74. The molecule has 1 atom stereocenters. The van der Waals surface area contributed by atoms with Gasteiger partial charge in [0, 0.05) is 42.4 Å². The van der Waals surface area contributed by atoms with E-state index in [9.17, 15) is 9.59 Å². The third kappa shape index (κ3) is 5.00. The Balaban J connectivity index is 1.57. The van der Waals surface area contributed by atoms with Gasteiger partial charge in [-0.3, -0.25) is 4.79 Å². The molecule has 0 radical (unpaired) electrons. The first-order valence-electron chi connectivity index (χ1n) is 9.88. The summed E-state index contributed by atoms with van der Waals surface area (Å²) in [6.07, 6.45) is 6.76. The SMILES string of the molecule is CC(=O)N1CCC[C@H](CNC(=O)N(Cc2ccc(C)s2)C2CCCC2)C1. The maximum absolute atomic E-state index is 12.9. The summed E-state index contributed by atoms with van der Waals surface area (Å²) in [5.41, 5.74) is 0. The summed E-state index contributed by atoms with van der Waals surface area (Å²) in [6, 6.07) is 4.69. The van der Waals surface area contributed by atoms with Crippen LogP contribution in [0.1, 0.15) is 55.2 Å². The van der Waals surface area contributed by atoms with Gasteiger partial charge >= 0.3 is 6.03 Å². The van der Waals surface area contributed by atoms with Crippen molar-refractivity contribution in [2.75, 3.05) is 19.6 Å². The molecule has 1 aromatic rings. The van der Waals surface area contributed by atoms with E-state index in [0.717, 1.165) is 38.8 Å². The Bertz CT molecular complexity index is 624. The fourth-order valence-electron chi connectivity index (χ4n) is 4.17. The highest BCUT2D eigenvalue weighted by Crippen LogP contribution is 2.27. The number of hydrogen-bond acceptors (Lipinski definition) is 3. The Hall–Kier alpha value is -1.56. The van der Waals surface area contributed by atoms with Crippen molar-refractivity contribution in [3.63, 3.8) is 0 Å². The molecule has 0 unspecified atom stereocenters. The summed E-state index contributed by atoms with van der Waals surface area (Å²) in [6.45, 7) is 6.73. The standard InChI is InChI=1S/C20H31N3O2S/c1-15-9-10-19(26-15)14-23(18-7-3-4-8-18)20(25)21-12-17-6-5-11-22(13-17)16(2)24/h9-10,17-18H,3-8,11-14H2,1-2H3,(H,21,25)/t17-/m1/s1. The van der Waals surface area contributed by atoms with Crippen LogP contribution in [-0.4, -0.2) is 47.4 Å². The van der Waals surface area contributed by atoms with Crippen molar-refractivity contribution in [3.05, 3.63) is 21.9 Å². The van der Waals surface area contributed by atoms with E-state index < -0.39 is 0 Å². The highest BCUT2D eigenvalue weighted by Gasteiger charge is 2.28. The molecular formula is C20H31N3O2S. The van der Waals surface area contributed by atoms with Crippen LogP contribution >= 0.6 is 11.3 Å². The van der Waals surface area contributed by atoms with Gasteiger partial charge in [0.2, 0.25) is 5.91 Å². The van der Waals surface area contributed by atoms with Gasteiger partial charge in [0.15, 0.2) is 0 Å². The normalized spacial score (nSPS) is 21.0. The topological polar surface area (TPSA) is 52.7 Å². The second-order valence-corrected chi connectivity index (χ2v) is 9.11. The largest absolute Gasteiger partial charge is 0.343 e. The maximum Gasteiger partial charge on any atom is 0.317 e. The lowest BCUT2D eigenvalue weighted by molar-refractivity contribution is -0.130. The molecule has 3 rings (SSSR count). The molecule has 0 bridgehead atoms. The van der Waals surface area contributed by atoms with Gasteiger partial charge in [-0.1, -0.05) is 12.8 Å². The summed E-state index contributed by atoms with van der Waals surface area (Å²) >= 11 is 1.78. The van der Waals surface area contributed by atoms with Crippen LogP contribution in [0.3, 0.4) is 0 Å². The summed E-state index contributed by atoms with van der Waals surface area (Å²) < 4.78 is 0. The van der Waals surface area contributed by atoms with Crippen molar-refractivity contribution < 1.29 is 9.59 Å². The zero-order valence-electron chi connectivity index (χ0n) is 16.0. The molecule has 26 heavy (non-hydrogen) atoms. The minimum Gasteiger partial charge on any atom is -0.343 e. The van der Waals surface area contributed by atoms with Crippen LogP contribution in [0.4, 0.5) is 4.79 Å². The summed E-state index contributed by atoms with van der Waals surface area (Å²) in [7, 11) is 0. The quantitative estimate of drug-likeness (QED) is 0.849. The van der Waals surface area contributed by atoms with Crippen LogP contribution in [-0.2, 0) is 11.3 Å². The lowest BCUT2D eigenvalue weighted by atomic mass is 9.98. The molecule has 1 aliphatic carbocycles. The van der Waals surface area contributed by atoms with E-state index in [0.29, 0.717) is 25.0 Å². The molecule has 1 saturated heterocycles. The highest BCUT2D eigenvalue weighted by atomic mass is 32.1. The van der Waals surface area contributed by atoms with Gasteiger partial charge in [0.25, 0.3) is 0 Å². The predicted octanol–water partition coefficient (Wildman–Crippen LogP) is 3.77. The molecule has 2 aliphatic rings. The van der Waals surface area contributed by atoms with Crippen molar-refractivity contribution in [2.24, 2.45) is 5.92 Å². The zero-order chi connectivity index (χ0) is 18.5. The summed E-state index contributed by atoms with van der Waals surface area (Å²) in [4.78, 5) is 31.0. The van der Waals surface area contributed by atoms with Crippen LogP contribution in [0, 0.1) is 12.8 Å². The number of nitrogens with zero attached hydrogens (tertiary/aromatic N) is 2. The van der Waals surface area contributed by atoms with Crippen LogP contribution in [0.15, 0.2) is 12.1 Å². The number of rotatable bonds is 5. The molecule has 0 spiro atoms. The number of thiophene rings is 1. The molecule has 5 nitrogen and oxygen atoms in total. The van der Waals surface area contributed by atoms with Gasteiger partial charge in [0.05, 0.1) is 6.54 Å². The van der Waals surface area contributed by atoms with E-state index in [1.807, 2.05) is 9.80 Å². The minimum atomic E-state index is 0.0582. The number of piperidine rings is 1. The van der Waals surface area contributed by atoms with Crippen molar-refractivity contribution in [2.45, 2.75) is 65.0 Å². The van der Waals surface area contributed by atoms with Gasteiger partial charge < -0.3 is 15.1 Å². The molecular weight excluding hydrogens is 346 g/mol. The number of carbonyl (C=O) groups excluding carboxylic acids is 2. The molecule has 3 amide bonds. The van der Waals surface area contributed by atoms with Crippen LogP contribution < -0.4 is 5.32 Å². The third-order valence-electron chi connectivity index (χ3n) is 5.65. The second kappa shape index (κ2) is 8.89. The van der Waals surface area contributed by atoms with E-state index in [2.05, 4.69) is 24.4 Å². The van der Waals surface area contributed by atoms with Crippen molar-refractivity contribution >= 4 is 23.3 Å². The highest BCUT2D eigenvalue weighted by molar-refractivity contribution is 7.11.